The molecule has 0 spiro atoms. The number of hydrogen-bond acceptors (Lipinski definition) is 6. The lowest BCUT2D eigenvalue weighted by Gasteiger charge is -2.22. The molecule has 1 atom stereocenters. The second kappa shape index (κ2) is 12.9. The number of halogens is 1. The summed E-state index contributed by atoms with van der Waals surface area (Å²) >= 11 is 6.33. The number of ether oxygens (including phenoxy) is 1. The van der Waals surface area contributed by atoms with Gasteiger partial charge >= 0.3 is 5.69 Å². The standard InChI is InChI=1S/C26H38ClN5O4/c1-18-30-32(26(35)31(18)15-6-16-36-21-11-13-28-14-12-21)20-9-10-23(27)22(17-20)25(34)29-24(33)19-7-4-2-3-5-8-19/h9-10,17,19,21,24,28,33H,2-8,11-16H2,1H3,(H,29,34). The highest BCUT2D eigenvalue weighted by Gasteiger charge is 2.24. The maximum atomic E-state index is 13.1. The van der Waals surface area contributed by atoms with E-state index in [0.29, 0.717) is 31.1 Å². The minimum Gasteiger partial charge on any atom is -0.378 e. The summed E-state index contributed by atoms with van der Waals surface area (Å²) in [5.74, 6) is 0.169. The predicted octanol–water partition coefficient (Wildman–Crippen LogP) is 3.17. The van der Waals surface area contributed by atoms with Gasteiger partial charge in [0.05, 0.1) is 22.4 Å². The quantitative estimate of drug-likeness (QED) is 0.266. The lowest BCUT2D eigenvalue weighted by atomic mass is 9.98. The molecule has 1 saturated carbocycles. The molecule has 0 radical (unpaired) electrons. The number of carbonyl (C=O) groups is 1. The maximum absolute atomic E-state index is 13.1. The molecule has 10 heteroatoms. The van der Waals surface area contributed by atoms with Gasteiger partial charge in [-0.2, -0.15) is 9.78 Å². The molecular weight excluding hydrogens is 482 g/mol. The van der Waals surface area contributed by atoms with Crippen molar-refractivity contribution >= 4 is 17.5 Å². The van der Waals surface area contributed by atoms with Crippen molar-refractivity contribution in [1.82, 2.24) is 25.0 Å². The molecule has 2 heterocycles. The molecule has 2 aliphatic rings. The molecule has 9 nitrogen and oxygen atoms in total. The van der Waals surface area contributed by atoms with Gasteiger partial charge in [0.1, 0.15) is 12.1 Å². The minimum absolute atomic E-state index is 0.0399. The summed E-state index contributed by atoms with van der Waals surface area (Å²) in [6.07, 6.45) is 8.33. The SMILES string of the molecule is Cc1nn(-c2ccc(Cl)c(C(=O)NC(O)C3CCCCCC3)c2)c(=O)n1CCCOC1CCNCC1. The third-order valence-corrected chi connectivity index (χ3v) is 7.61. The number of benzene rings is 1. The Morgan fingerprint density at radius 2 is 1.94 bits per heavy atom. The van der Waals surface area contributed by atoms with Crippen molar-refractivity contribution in [2.45, 2.75) is 83.6 Å². The largest absolute Gasteiger partial charge is 0.378 e. The molecule has 3 N–H and O–H groups in total. The van der Waals surface area contributed by atoms with E-state index in [-0.39, 0.29) is 28.3 Å². The minimum atomic E-state index is -0.924. The van der Waals surface area contributed by atoms with Crippen molar-refractivity contribution in [2.24, 2.45) is 5.92 Å². The van der Waals surface area contributed by atoms with Crippen LogP contribution in [-0.4, -0.2) is 57.4 Å². The van der Waals surface area contributed by atoms with E-state index in [1.165, 1.54) is 4.68 Å². The van der Waals surface area contributed by atoms with Crippen LogP contribution in [-0.2, 0) is 11.3 Å². The Morgan fingerprint density at radius 3 is 2.67 bits per heavy atom. The fourth-order valence-electron chi connectivity index (χ4n) is 5.13. The smallest absolute Gasteiger partial charge is 0.350 e. The first-order chi connectivity index (χ1) is 17.4. The van der Waals surface area contributed by atoms with E-state index in [4.69, 9.17) is 16.3 Å². The summed E-state index contributed by atoms with van der Waals surface area (Å²) in [5.41, 5.74) is 0.379. The Balaban J connectivity index is 1.41. The van der Waals surface area contributed by atoms with Crippen molar-refractivity contribution in [3.63, 3.8) is 0 Å². The third-order valence-electron chi connectivity index (χ3n) is 7.28. The van der Waals surface area contributed by atoms with Crippen molar-refractivity contribution in [3.05, 3.63) is 45.1 Å². The average molecular weight is 520 g/mol. The molecule has 1 aliphatic carbocycles. The zero-order valence-electron chi connectivity index (χ0n) is 21.0. The Kier molecular flexibility index (Phi) is 9.59. The molecule has 0 bridgehead atoms. The number of nitrogens with one attached hydrogen (secondary N) is 2. The van der Waals surface area contributed by atoms with Gasteiger partial charge in [-0.1, -0.05) is 37.3 Å². The van der Waals surface area contributed by atoms with Crippen molar-refractivity contribution in [2.75, 3.05) is 19.7 Å². The zero-order chi connectivity index (χ0) is 25.5. The van der Waals surface area contributed by atoms with Crippen molar-refractivity contribution < 1.29 is 14.6 Å². The van der Waals surface area contributed by atoms with Crippen LogP contribution in [0.5, 0.6) is 0 Å². The van der Waals surface area contributed by atoms with Gasteiger partial charge in [0.15, 0.2) is 0 Å². The molecule has 1 aromatic heterocycles. The molecule has 198 valence electrons. The van der Waals surface area contributed by atoms with Gasteiger partial charge in [0.2, 0.25) is 0 Å². The van der Waals surface area contributed by atoms with Crippen LogP contribution in [0.2, 0.25) is 5.02 Å². The molecule has 2 fully saturated rings. The van der Waals surface area contributed by atoms with Crippen LogP contribution in [0.25, 0.3) is 5.69 Å². The fourth-order valence-corrected chi connectivity index (χ4v) is 5.33. The number of aliphatic hydroxyl groups excluding tert-OH is 1. The van der Waals surface area contributed by atoms with E-state index in [9.17, 15) is 14.7 Å². The second-order valence-electron chi connectivity index (χ2n) is 9.90. The number of piperidine rings is 1. The number of aliphatic hydroxyl groups is 1. The third kappa shape index (κ3) is 6.76. The van der Waals surface area contributed by atoms with Crippen LogP contribution in [0.3, 0.4) is 0 Å². The summed E-state index contributed by atoms with van der Waals surface area (Å²) in [7, 11) is 0. The van der Waals surface area contributed by atoms with E-state index >= 15 is 0 Å². The Labute approximate surface area is 217 Å². The molecule has 36 heavy (non-hydrogen) atoms. The highest BCUT2D eigenvalue weighted by Crippen LogP contribution is 2.26. The molecule has 4 rings (SSSR count). The van der Waals surface area contributed by atoms with Crippen molar-refractivity contribution in [1.29, 1.82) is 0 Å². The summed E-state index contributed by atoms with van der Waals surface area (Å²) in [6.45, 7) is 4.85. The van der Waals surface area contributed by atoms with Gasteiger partial charge in [-0.3, -0.25) is 9.36 Å². The Morgan fingerprint density at radius 1 is 1.22 bits per heavy atom. The average Bonchev–Trinajstić information content (AvgIpc) is 3.05. The van der Waals surface area contributed by atoms with Crippen LogP contribution >= 0.6 is 11.6 Å². The molecule has 1 unspecified atom stereocenters. The summed E-state index contributed by atoms with van der Waals surface area (Å²) in [4.78, 5) is 26.1. The summed E-state index contributed by atoms with van der Waals surface area (Å²) in [6, 6.07) is 4.80. The van der Waals surface area contributed by atoms with E-state index in [1.807, 2.05) is 0 Å². The number of amides is 1. The molecule has 1 aliphatic heterocycles. The van der Waals surface area contributed by atoms with Gasteiger partial charge in [-0.25, -0.2) is 4.79 Å². The highest BCUT2D eigenvalue weighted by molar-refractivity contribution is 6.33. The van der Waals surface area contributed by atoms with E-state index < -0.39 is 12.1 Å². The highest BCUT2D eigenvalue weighted by atomic mass is 35.5. The van der Waals surface area contributed by atoms with Gasteiger partial charge < -0.3 is 20.5 Å². The maximum Gasteiger partial charge on any atom is 0.350 e. The Bertz CT molecular complexity index is 1070. The first kappa shape index (κ1) is 26.9. The van der Waals surface area contributed by atoms with Crippen molar-refractivity contribution in [3.8, 4) is 5.69 Å². The Hall–Kier alpha value is -2.20. The number of nitrogens with zero attached hydrogens (tertiary/aromatic N) is 3. The fraction of sp³-hybridized carbons (Fsp3) is 0.654. The molecule has 1 saturated heterocycles. The number of hydrogen-bond donors (Lipinski definition) is 3. The molecule has 1 aromatic carbocycles. The van der Waals surface area contributed by atoms with Crippen LogP contribution in [0, 0.1) is 12.8 Å². The second-order valence-corrected chi connectivity index (χ2v) is 10.3. The van der Waals surface area contributed by atoms with Gasteiger partial charge in [0.25, 0.3) is 5.91 Å². The van der Waals surface area contributed by atoms with E-state index in [0.717, 1.165) is 64.5 Å². The number of rotatable bonds is 9. The van der Waals surface area contributed by atoms with Crippen LogP contribution < -0.4 is 16.3 Å². The molecule has 2 aromatic rings. The van der Waals surface area contributed by atoms with Crippen LogP contribution in [0.15, 0.2) is 23.0 Å². The first-order valence-electron chi connectivity index (χ1n) is 13.2. The topological polar surface area (TPSA) is 110 Å². The predicted molar refractivity (Wildman–Crippen MR) is 139 cm³/mol. The van der Waals surface area contributed by atoms with Crippen LogP contribution in [0.4, 0.5) is 0 Å². The summed E-state index contributed by atoms with van der Waals surface area (Å²) in [5, 5.41) is 21.3. The van der Waals surface area contributed by atoms with Gasteiger partial charge in [-0.15, -0.1) is 0 Å². The van der Waals surface area contributed by atoms with E-state index in [2.05, 4.69) is 15.7 Å². The number of carbonyl (C=O) groups excluding carboxylic acids is 1. The zero-order valence-corrected chi connectivity index (χ0v) is 21.8. The van der Waals surface area contributed by atoms with Gasteiger partial charge in [0, 0.05) is 19.1 Å². The number of aromatic nitrogens is 3. The number of aryl methyl sites for hydroxylation is 1. The normalized spacial score (nSPS) is 18.6. The lowest BCUT2D eigenvalue weighted by Crippen LogP contribution is -2.40. The lowest BCUT2D eigenvalue weighted by molar-refractivity contribution is 0.0300. The summed E-state index contributed by atoms with van der Waals surface area (Å²) < 4.78 is 8.86. The van der Waals surface area contributed by atoms with Gasteiger partial charge in [-0.05, 0) is 70.3 Å². The molecule has 1 amide bonds. The van der Waals surface area contributed by atoms with Crippen LogP contribution in [0.1, 0.15) is 74.0 Å². The monoisotopic (exact) mass is 519 g/mol. The molecular formula is C26H38ClN5O4. The first-order valence-corrected chi connectivity index (χ1v) is 13.6. The van der Waals surface area contributed by atoms with E-state index in [1.54, 1.807) is 29.7 Å².